The van der Waals surface area contributed by atoms with Crippen LogP contribution in [0.3, 0.4) is 0 Å². The SMILES string of the molecule is Cc1cc(C(=O)CN(C)c2ccccc2F)c(C)n1C. The minimum absolute atomic E-state index is 0.00282. The van der Waals surface area contributed by atoms with Crippen molar-refractivity contribution in [2.75, 3.05) is 18.5 Å². The Hall–Kier alpha value is -2.10. The van der Waals surface area contributed by atoms with Gasteiger partial charge in [0.15, 0.2) is 5.78 Å². The number of aryl methyl sites for hydroxylation is 1. The van der Waals surface area contributed by atoms with Crippen molar-refractivity contribution in [1.29, 1.82) is 0 Å². The van der Waals surface area contributed by atoms with Crippen molar-refractivity contribution in [1.82, 2.24) is 4.57 Å². The quantitative estimate of drug-likeness (QED) is 0.800. The molecule has 0 aliphatic rings. The Kier molecular flexibility index (Phi) is 3.93. The van der Waals surface area contributed by atoms with Crippen LogP contribution < -0.4 is 4.90 Å². The molecule has 1 aromatic carbocycles. The predicted octanol–water partition coefficient (Wildman–Crippen LogP) is 3.10. The third-order valence-corrected chi connectivity index (χ3v) is 3.72. The van der Waals surface area contributed by atoms with E-state index in [1.807, 2.05) is 31.5 Å². The summed E-state index contributed by atoms with van der Waals surface area (Å²) >= 11 is 0. The number of hydrogen-bond donors (Lipinski definition) is 0. The minimum Gasteiger partial charge on any atom is -0.365 e. The van der Waals surface area contributed by atoms with Crippen molar-refractivity contribution in [3.63, 3.8) is 0 Å². The van der Waals surface area contributed by atoms with Crippen molar-refractivity contribution < 1.29 is 9.18 Å². The number of ketones is 1. The van der Waals surface area contributed by atoms with E-state index in [0.717, 1.165) is 11.4 Å². The molecule has 0 fully saturated rings. The van der Waals surface area contributed by atoms with Crippen molar-refractivity contribution in [2.24, 2.45) is 7.05 Å². The first-order valence-corrected chi connectivity index (χ1v) is 6.53. The lowest BCUT2D eigenvalue weighted by atomic mass is 10.1. The highest BCUT2D eigenvalue weighted by Gasteiger charge is 2.17. The number of nitrogens with zero attached hydrogens (tertiary/aromatic N) is 2. The van der Waals surface area contributed by atoms with Gasteiger partial charge in [-0.3, -0.25) is 4.79 Å². The molecule has 0 spiro atoms. The van der Waals surface area contributed by atoms with Gasteiger partial charge in [-0.1, -0.05) is 12.1 Å². The molecule has 0 unspecified atom stereocenters. The molecule has 0 saturated carbocycles. The summed E-state index contributed by atoms with van der Waals surface area (Å²) in [6.45, 7) is 4.04. The Bertz CT molecular complexity index is 646. The number of benzene rings is 1. The Balaban J connectivity index is 2.20. The number of aromatic nitrogens is 1. The number of likely N-dealkylation sites (N-methyl/N-ethyl adjacent to an activating group) is 1. The molecule has 0 bridgehead atoms. The van der Waals surface area contributed by atoms with Gasteiger partial charge in [0.1, 0.15) is 5.82 Å². The molecule has 2 aromatic rings. The fourth-order valence-electron chi connectivity index (χ4n) is 2.28. The average molecular weight is 274 g/mol. The van der Waals surface area contributed by atoms with Crippen LogP contribution in [0.2, 0.25) is 0 Å². The zero-order valence-corrected chi connectivity index (χ0v) is 12.3. The first-order valence-electron chi connectivity index (χ1n) is 6.53. The van der Waals surface area contributed by atoms with Crippen LogP contribution in [0.5, 0.6) is 0 Å². The lowest BCUT2D eigenvalue weighted by molar-refractivity contribution is 0.0999. The molecule has 20 heavy (non-hydrogen) atoms. The monoisotopic (exact) mass is 274 g/mol. The summed E-state index contributed by atoms with van der Waals surface area (Å²) in [5, 5.41) is 0. The van der Waals surface area contributed by atoms with Gasteiger partial charge in [-0.2, -0.15) is 0 Å². The molecule has 0 atom stereocenters. The molecule has 1 heterocycles. The van der Waals surface area contributed by atoms with Gasteiger partial charge in [0.25, 0.3) is 0 Å². The fourth-order valence-corrected chi connectivity index (χ4v) is 2.28. The number of anilines is 1. The fraction of sp³-hybridized carbons (Fsp3) is 0.312. The maximum absolute atomic E-state index is 13.7. The standard InChI is InChI=1S/C16H19FN2O/c1-11-9-13(12(2)19(11)4)16(20)10-18(3)15-8-6-5-7-14(15)17/h5-9H,10H2,1-4H3. The third kappa shape index (κ3) is 2.59. The summed E-state index contributed by atoms with van der Waals surface area (Å²) in [5.41, 5.74) is 3.12. The van der Waals surface area contributed by atoms with E-state index in [0.29, 0.717) is 11.3 Å². The van der Waals surface area contributed by atoms with Crippen LogP contribution in [0.25, 0.3) is 0 Å². The van der Waals surface area contributed by atoms with Crippen molar-refractivity contribution >= 4 is 11.5 Å². The Morgan fingerprint density at radius 1 is 1.30 bits per heavy atom. The molecule has 2 rings (SSSR count). The number of rotatable bonds is 4. The molecular formula is C16H19FN2O. The zero-order valence-electron chi connectivity index (χ0n) is 12.3. The molecular weight excluding hydrogens is 255 g/mol. The smallest absolute Gasteiger partial charge is 0.183 e. The van der Waals surface area contributed by atoms with E-state index in [2.05, 4.69) is 0 Å². The van der Waals surface area contributed by atoms with Gasteiger partial charge in [-0.15, -0.1) is 0 Å². The third-order valence-electron chi connectivity index (χ3n) is 3.72. The largest absolute Gasteiger partial charge is 0.365 e. The molecule has 3 nitrogen and oxygen atoms in total. The van der Waals surface area contributed by atoms with Crippen LogP contribution in [-0.2, 0) is 7.05 Å². The normalized spacial score (nSPS) is 10.7. The predicted molar refractivity (Wildman–Crippen MR) is 78.9 cm³/mol. The summed E-state index contributed by atoms with van der Waals surface area (Å²) in [5.74, 6) is -0.319. The minimum atomic E-state index is -0.316. The van der Waals surface area contributed by atoms with Gasteiger partial charge in [0.2, 0.25) is 0 Å². The van der Waals surface area contributed by atoms with Crippen LogP contribution in [0, 0.1) is 19.7 Å². The van der Waals surface area contributed by atoms with Crippen molar-refractivity contribution in [3.8, 4) is 0 Å². The Morgan fingerprint density at radius 3 is 2.50 bits per heavy atom. The van der Waals surface area contributed by atoms with E-state index in [-0.39, 0.29) is 18.1 Å². The van der Waals surface area contributed by atoms with Gasteiger partial charge in [-0.25, -0.2) is 4.39 Å². The van der Waals surface area contributed by atoms with Crippen LogP contribution in [-0.4, -0.2) is 23.9 Å². The summed E-state index contributed by atoms with van der Waals surface area (Å²) in [7, 11) is 3.66. The zero-order chi connectivity index (χ0) is 14.9. The maximum atomic E-state index is 13.7. The van der Waals surface area contributed by atoms with E-state index >= 15 is 0 Å². The van der Waals surface area contributed by atoms with Crippen LogP contribution >= 0.6 is 0 Å². The van der Waals surface area contributed by atoms with Crippen molar-refractivity contribution in [3.05, 3.63) is 53.1 Å². The first-order chi connectivity index (χ1) is 9.41. The second-order valence-electron chi connectivity index (χ2n) is 5.07. The topological polar surface area (TPSA) is 25.2 Å². The summed E-state index contributed by atoms with van der Waals surface area (Å²) in [6.07, 6.45) is 0. The second-order valence-corrected chi connectivity index (χ2v) is 5.07. The Morgan fingerprint density at radius 2 is 1.95 bits per heavy atom. The molecule has 0 radical (unpaired) electrons. The van der Waals surface area contributed by atoms with Crippen molar-refractivity contribution in [2.45, 2.75) is 13.8 Å². The molecule has 0 saturated heterocycles. The number of hydrogen-bond acceptors (Lipinski definition) is 2. The molecule has 4 heteroatoms. The number of para-hydroxylation sites is 1. The average Bonchev–Trinajstić information content (AvgIpc) is 2.67. The van der Waals surface area contributed by atoms with Gasteiger partial charge in [0, 0.05) is 31.0 Å². The maximum Gasteiger partial charge on any atom is 0.183 e. The van der Waals surface area contributed by atoms with Gasteiger partial charge in [-0.05, 0) is 32.0 Å². The number of halogens is 1. The molecule has 106 valence electrons. The molecule has 0 amide bonds. The molecule has 0 aliphatic carbocycles. The van der Waals surface area contributed by atoms with E-state index in [1.54, 1.807) is 30.1 Å². The summed E-state index contributed by atoms with van der Waals surface area (Å²) in [4.78, 5) is 14.0. The van der Waals surface area contributed by atoms with E-state index in [1.165, 1.54) is 6.07 Å². The second kappa shape index (κ2) is 5.49. The van der Waals surface area contributed by atoms with E-state index in [4.69, 9.17) is 0 Å². The first kappa shape index (κ1) is 14.3. The lowest BCUT2D eigenvalue weighted by Gasteiger charge is -2.19. The van der Waals surface area contributed by atoms with Gasteiger partial charge >= 0.3 is 0 Å². The number of carbonyl (C=O) groups is 1. The Labute approximate surface area is 118 Å². The summed E-state index contributed by atoms with van der Waals surface area (Å²) in [6, 6.07) is 8.35. The molecule has 1 aromatic heterocycles. The molecule has 0 N–H and O–H groups in total. The highest BCUT2D eigenvalue weighted by molar-refractivity contribution is 6.00. The van der Waals surface area contributed by atoms with Crippen LogP contribution in [0.15, 0.2) is 30.3 Å². The number of Topliss-reactive ketones (excluding diaryl/α,β-unsaturated/α-hetero) is 1. The van der Waals surface area contributed by atoms with Gasteiger partial charge < -0.3 is 9.47 Å². The lowest BCUT2D eigenvalue weighted by Crippen LogP contribution is -2.26. The molecule has 0 aliphatic heterocycles. The van der Waals surface area contributed by atoms with E-state index < -0.39 is 0 Å². The van der Waals surface area contributed by atoms with E-state index in [9.17, 15) is 9.18 Å². The van der Waals surface area contributed by atoms with Crippen LogP contribution in [0.1, 0.15) is 21.7 Å². The van der Waals surface area contributed by atoms with Crippen LogP contribution in [0.4, 0.5) is 10.1 Å². The summed E-state index contributed by atoms with van der Waals surface area (Å²) < 4.78 is 15.7. The highest BCUT2D eigenvalue weighted by Crippen LogP contribution is 2.19. The number of carbonyl (C=O) groups excluding carboxylic acids is 1. The highest BCUT2D eigenvalue weighted by atomic mass is 19.1. The van der Waals surface area contributed by atoms with Gasteiger partial charge in [0.05, 0.1) is 12.2 Å².